The molecule has 0 atom stereocenters. The van der Waals surface area contributed by atoms with Crippen molar-refractivity contribution in [1.29, 1.82) is 0 Å². The van der Waals surface area contributed by atoms with E-state index < -0.39 is 0 Å². The van der Waals surface area contributed by atoms with Gasteiger partial charge in [0, 0.05) is 30.9 Å². The molecular formula is C10H11N3O2S. The molecule has 16 heavy (non-hydrogen) atoms. The number of carbonyl (C=O) groups excluding carboxylic acids is 1. The van der Waals surface area contributed by atoms with Gasteiger partial charge in [-0.15, -0.1) is 11.3 Å². The Labute approximate surface area is 96.3 Å². The Bertz CT molecular complexity index is 484. The van der Waals surface area contributed by atoms with Gasteiger partial charge in [-0.1, -0.05) is 0 Å². The number of rotatable bonds is 1. The van der Waals surface area contributed by atoms with E-state index >= 15 is 0 Å². The van der Waals surface area contributed by atoms with Crippen LogP contribution in [0.4, 0.5) is 0 Å². The van der Waals surface area contributed by atoms with Crippen molar-refractivity contribution in [1.82, 2.24) is 14.3 Å². The Morgan fingerprint density at radius 1 is 1.44 bits per heavy atom. The predicted octanol–water partition coefficient (Wildman–Crippen LogP) is 0.868. The fraction of sp³-hybridized carbons (Fsp3) is 0.400. The highest BCUT2D eigenvalue weighted by Gasteiger charge is 2.20. The van der Waals surface area contributed by atoms with Crippen LogP contribution in [0.2, 0.25) is 0 Å². The molecule has 1 aliphatic rings. The van der Waals surface area contributed by atoms with Gasteiger partial charge in [0.25, 0.3) is 5.91 Å². The summed E-state index contributed by atoms with van der Waals surface area (Å²) in [6, 6.07) is 0. The van der Waals surface area contributed by atoms with Crippen LogP contribution in [0.1, 0.15) is 10.5 Å². The van der Waals surface area contributed by atoms with Gasteiger partial charge in [-0.3, -0.25) is 9.20 Å². The summed E-state index contributed by atoms with van der Waals surface area (Å²) in [7, 11) is 0. The van der Waals surface area contributed by atoms with Gasteiger partial charge < -0.3 is 9.64 Å². The highest BCUT2D eigenvalue weighted by molar-refractivity contribution is 7.15. The lowest BCUT2D eigenvalue weighted by molar-refractivity contribution is 0.0299. The zero-order chi connectivity index (χ0) is 11.0. The second-order valence-electron chi connectivity index (χ2n) is 3.62. The SMILES string of the molecule is O=C(c1cn2ccsc2n1)N1CCOCC1. The Hall–Kier alpha value is -1.40. The fourth-order valence-electron chi connectivity index (χ4n) is 1.76. The average Bonchev–Trinajstić information content (AvgIpc) is 2.89. The highest BCUT2D eigenvalue weighted by atomic mass is 32.1. The van der Waals surface area contributed by atoms with Crippen molar-refractivity contribution in [2.24, 2.45) is 0 Å². The van der Waals surface area contributed by atoms with E-state index in [0.717, 1.165) is 4.96 Å². The number of morpholine rings is 1. The molecule has 1 saturated heterocycles. The first-order valence-electron chi connectivity index (χ1n) is 5.14. The smallest absolute Gasteiger partial charge is 0.274 e. The van der Waals surface area contributed by atoms with Crippen LogP contribution in [0.25, 0.3) is 4.96 Å². The van der Waals surface area contributed by atoms with Crippen LogP contribution < -0.4 is 0 Å². The molecule has 0 aromatic carbocycles. The minimum absolute atomic E-state index is 0.000741. The van der Waals surface area contributed by atoms with E-state index in [0.29, 0.717) is 32.0 Å². The van der Waals surface area contributed by atoms with Crippen molar-refractivity contribution in [2.75, 3.05) is 26.3 Å². The lowest BCUT2D eigenvalue weighted by Crippen LogP contribution is -2.40. The molecule has 5 nitrogen and oxygen atoms in total. The van der Waals surface area contributed by atoms with Crippen LogP contribution in [0.15, 0.2) is 17.8 Å². The van der Waals surface area contributed by atoms with E-state index in [1.54, 1.807) is 11.1 Å². The second-order valence-corrected chi connectivity index (χ2v) is 4.50. The maximum Gasteiger partial charge on any atom is 0.274 e. The summed E-state index contributed by atoms with van der Waals surface area (Å²) in [5.74, 6) is -0.000741. The summed E-state index contributed by atoms with van der Waals surface area (Å²) in [6.07, 6.45) is 3.69. The number of hydrogen-bond acceptors (Lipinski definition) is 4. The summed E-state index contributed by atoms with van der Waals surface area (Å²) in [4.78, 5) is 19.0. The number of nitrogens with zero attached hydrogens (tertiary/aromatic N) is 3. The number of thiazole rings is 1. The van der Waals surface area contributed by atoms with Crippen molar-refractivity contribution in [2.45, 2.75) is 0 Å². The van der Waals surface area contributed by atoms with Gasteiger partial charge in [-0.05, 0) is 0 Å². The third-order valence-electron chi connectivity index (χ3n) is 2.61. The molecule has 2 aromatic heterocycles. The quantitative estimate of drug-likeness (QED) is 0.739. The van der Waals surface area contributed by atoms with Crippen LogP contribution in [0.5, 0.6) is 0 Å². The number of aromatic nitrogens is 2. The molecule has 1 fully saturated rings. The van der Waals surface area contributed by atoms with Gasteiger partial charge in [0.15, 0.2) is 4.96 Å². The van der Waals surface area contributed by atoms with E-state index in [9.17, 15) is 4.79 Å². The zero-order valence-corrected chi connectivity index (χ0v) is 9.44. The molecule has 84 valence electrons. The van der Waals surface area contributed by atoms with Crippen LogP contribution in [-0.4, -0.2) is 46.5 Å². The minimum Gasteiger partial charge on any atom is -0.378 e. The largest absolute Gasteiger partial charge is 0.378 e. The molecule has 2 aromatic rings. The highest BCUT2D eigenvalue weighted by Crippen LogP contribution is 2.13. The maximum absolute atomic E-state index is 12.1. The fourth-order valence-corrected chi connectivity index (χ4v) is 2.46. The van der Waals surface area contributed by atoms with Gasteiger partial charge >= 0.3 is 0 Å². The van der Waals surface area contributed by atoms with E-state index in [4.69, 9.17) is 4.74 Å². The number of amides is 1. The van der Waals surface area contributed by atoms with Crippen LogP contribution in [-0.2, 0) is 4.74 Å². The first-order chi connectivity index (χ1) is 7.84. The van der Waals surface area contributed by atoms with Crippen LogP contribution in [0, 0.1) is 0 Å². The Morgan fingerprint density at radius 3 is 3.00 bits per heavy atom. The molecule has 0 aliphatic carbocycles. The monoisotopic (exact) mass is 237 g/mol. The van der Waals surface area contributed by atoms with E-state index in [2.05, 4.69) is 4.98 Å². The zero-order valence-electron chi connectivity index (χ0n) is 8.63. The maximum atomic E-state index is 12.1. The topological polar surface area (TPSA) is 46.8 Å². The minimum atomic E-state index is -0.000741. The third kappa shape index (κ3) is 1.60. The molecule has 3 heterocycles. The number of hydrogen-bond donors (Lipinski definition) is 0. The standard InChI is InChI=1S/C10H11N3O2S/c14-9(12-1-4-15-5-2-12)8-7-13-3-6-16-10(13)11-8/h3,6-7H,1-2,4-5H2. The molecule has 3 rings (SSSR count). The molecule has 0 unspecified atom stereocenters. The molecule has 1 amide bonds. The molecule has 6 heteroatoms. The first kappa shape index (κ1) is 9.80. The van der Waals surface area contributed by atoms with Crippen LogP contribution in [0.3, 0.4) is 0 Å². The van der Waals surface area contributed by atoms with E-state index in [1.807, 2.05) is 16.0 Å². The molecular weight excluding hydrogens is 226 g/mol. The summed E-state index contributed by atoms with van der Waals surface area (Å²) in [5.41, 5.74) is 0.522. The number of imidazole rings is 1. The third-order valence-corrected chi connectivity index (χ3v) is 3.38. The summed E-state index contributed by atoms with van der Waals surface area (Å²) >= 11 is 1.53. The molecule has 0 spiro atoms. The Balaban J connectivity index is 1.86. The predicted molar refractivity (Wildman–Crippen MR) is 59.8 cm³/mol. The average molecular weight is 237 g/mol. The van der Waals surface area contributed by atoms with Gasteiger partial charge in [-0.2, -0.15) is 0 Å². The second kappa shape index (κ2) is 3.88. The first-order valence-corrected chi connectivity index (χ1v) is 6.02. The molecule has 0 radical (unpaired) electrons. The Morgan fingerprint density at radius 2 is 2.25 bits per heavy atom. The van der Waals surface area contributed by atoms with Gasteiger partial charge in [-0.25, -0.2) is 4.98 Å². The van der Waals surface area contributed by atoms with Gasteiger partial charge in [0.05, 0.1) is 13.2 Å². The van der Waals surface area contributed by atoms with Crippen molar-refractivity contribution in [3.63, 3.8) is 0 Å². The van der Waals surface area contributed by atoms with E-state index in [1.165, 1.54) is 11.3 Å². The normalized spacial score (nSPS) is 16.9. The number of ether oxygens (including phenoxy) is 1. The lowest BCUT2D eigenvalue weighted by atomic mass is 10.3. The summed E-state index contributed by atoms with van der Waals surface area (Å²) in [6.45, 7) is 2.55. The van der Waals surface area contributed by atoms with Crippen molar-refractivity contribution < 1.29 is 9.53 Å². The lowest BCUT2D eigenvalue weighted by Gasteiger charge is -2.25. The summed E-state index contributed by atoms with van der Waals surface area (Å²) < 4.78 is 7.09. The number of carbonyl (C=O) groups is 1. The van der Waals surface area contributed by atoms with Crippen LogP contribution >= 0.6 is 11.3 Å². The van der Waals surface area contributed by atoms with Gasteiger partial charge in [0.2, 0.25) is 0 Å². The Kier molecular flexibility index (Phi) is 2.37. The summed E-state index contributed by atoms with van der Waals surface area (Å²) in [5, 5.41) is 1.95. The van der Waals surface area contributed by atoms with E-state index in [-0.39, 0.29) is 5.91 Å². The number of fused-ring (bicyclic) bond motifs is 1. The molecule has 0 saturated carbocycles. The van der Waals surface area contributed by atoms with Crippen molar-refractivity contribution in [3.05, 3.63) is 23.5 Å². The molecule has 1 aliphatic heterocycles. The van der Waals surface area contributed by atoms with Crippen molar-refractivity contribution in [3.8, 4) is 0 Å². The molecule has 0 bridgehead atoms. The van der Waals surface area contributed by atoms with Gasteiger partial charge in [0.1, 0.15) is 5.69 Å². The molecule has 0 N–H and O–H groups in total. The van der Waals surface area contributed by atoms with Crippen molar-refractivity contribution >= 4 is 22.2 Å².